The molecule has 1 unspecified atom stereocenters. The molecule has 3 rings (SSSR count). The molecule has 0 aliphatic rings. The molecular formula is C15H14N2O. The lowest BCUT2D eigenvalue weighted by atomic mass is 10.0. The summed E-state index contributed by atoms with van der Waals surface area (Å²) in [6.45, 7) is 1.96. The number of benzene rings is 1. The average Bonchev–Trinajstić information content (AvgIpc) is 2.78. The minimum absolute atomic E-state index is 0.599. The van der Waals surface area contributed by atoms with E-state index in [4.69, 9.17) is 0 Å². The molecule has 2 heterocycles. The fraction of sp³-hybridized carbons (Fsp3) is 0.133. The molecule has 3 heteroatoms. The zero-order chi connectivity index (χ0) is 12.5. The van der Waals surface area contributed by atoms with Crippen LogP contribution in [0.25, 0.3) is 5.65 Å². The second-order valence-electron chi connectivity index (χ2n) is 4.42. The summed E-state index contributed by atoms with van der Waals surface area (Å²) in [6, 6.07) is 13.5. The van der Waals surface area contributed by atoms with E-state index in [1.807, 2.05) is 66.2 Å². The van der Waals surface area contributed by atoms with Crippen LogP contribution in [0.15, 0.2) is 54.9 Å². The minimum atomic E-state index is -0.599. The number of aliphatic hydroxyl groups is 1. The fourth-order valence-electron chi connectivity index (χ4n) is 2.13. The maximum absolute atomic E-state index is 10.3. The lowest BCUT2D eigenvalue weighted by Gasteiger charge is -2.11. The summed E-state index contributed by atoms with van der Waals surface area (Å²) in [4.78, 5) is 4.37. The smallest absolute Gasteiger partial charge is 0.136 e. The SMILES string of the molecule is Cc1cn2cc(C(O)c3ccccc3)ccc2n1. The van der Waals surface area contributed by atoms with Crippen LogP contribution in [0.1, 0.15) is 22.9 Å². The molecule has 3 aromatic rings. The van der Waals surface area contributed by atoms with Gasteiger partial charge in [0.15, 0.2) is 0 Å². The Morgan fingerprint density at radius 1 is 1.00 bits per heavy atom. The lowest BCUT2D eigenvalue weighted by Crippen LogP contribution is -2.00. The van der Waals surface area contributed by atoms with Crippen molar-refractivity contribution < 1.29 is 5.11 Å². The zero-order valence-electron chi connectivity index (χ0n) is 10.1. The molecule has 1 atom stereocenters. The molecule has 0 fully saturated rings. The van der Waals surface area contributed by atoms with E-state index in [2.05, 4.69) is 4.98 Å². The number of hydrogen-bond acceptors (Lipinski definition) is 2. The van der Waals surface area contributed by atoms with Crippen LogP contribution in [0.5, 0.6) is 0 Å². The molecular weight excluding hydrogens is 224 g/mol. The third-order valence-corrected chi connectivity index (χ3v) is 3.03. The summed E-state index contributed by atoms with van der Waals surface area (Å²) in [7, 11) is 0. The highest BCUT2D eigenvalue weighted by Crippen LogP contribution is 2.22. The number of aromatic nitrogens is 2. The molecule has 1 aromatic carbocycles. The second kappa shape index (κ2) is 4.27. The highest BCUT2D eigenvalue weighted by atomic mass is 16.3. The van der Waals surface area contributed by atoms with E-state index in [-0.39, 0.29) is 0 Å². The van der Waals surface area contributed by atoms with Crippen molar-refractivity contribution in [3.05, 3.63) is 71.7 Å². The molecule has 0 saturated heterocycles. The maximum Gasteiger partial charge on any atom is 0.136 e. The van der Waals surface area contributed by atoms with Crippen LogP contribution in [0.2, 0.25) is 0 Å². The second-order valence-corrected chi connectivity index (χ2v) is 4.42. The molecule has 0 aliphatic carbocycles. The monoisotopic (exact) mass is 238 g/mol. The Labute approximate surface area is 105 Å². The molecule has 3 nitrogen and oxygen atoms in total. The highest BCUT2D eigenvalue weighted by molar-refractivity contribution is 5.42. The first kappa shape index (κ1) is 11.0. The molecule has 0 radical (unpaired) electrons. The quantitative estimate of drug-likeness (QED) is 0.745. The maximum atomic E-state index is 10.3. The van der Waals surface area contributed by atoms with Gasteiger partial charge in [-0.25, -0.2) is 4.98 Å². The van der Waals surface area contributed by atoms with E-state index in [0.29, 0.717) is 0 Å². The van der Waals surface area contributed by atoms with Gasteiger partial charge < -0.3 is 9.51 Å². The van der Waals surface area contributed by atoms with Crippen molar-refractivity contribution in [2.75, 3.05) is 0 Å². The van der Waals surface area contributed by atoms with Crippen LogP contribution >= 0.6 is 0 Å². The Hall–Kier alpha value is -2.13. The number of aliphatic hydroxyl groups excluding tert-OH is 1. The minimum Gasteiger partial charge on any atom is -0.384 e. The van der Waals surface area contributed by atoms with E-state index in [1.165, 1.54) is 0 Å². The predicted molar refractivity (Wildman–Crippen MR) is 70.4 cm³/mol. The number of nitrogens with zero attached hydrogens (tertiary/aromatic N) is 2. The van der Waals surface area contributed by atoms with Gasteiger partial charge in [0.1, 0.15) is 11.8 Å². The van der Waals surface area contributed by atoms with Gasteiger partial charge in [-0.2, -0.15) is 0 Å². The van der Waals surface area contributed by atoms with Crippen molar-refractivity contribution in [1.82, 2.24) is 9.38 Å². The molecule has 0 aliphatic heterocycles. The fourth-order valence-corrected chi connectivity index (χ4v) is 2.13. The van der Waals surface area contributed by atoms with Gasteiger partial charge in [0.2, 0.25) is 0 Å². The van der Waals surface area contributed by atoms with Crippen LogP contribution in [-0.4, -0.2) is 14.5 Å². The number of rotatable bonds is 2. The molecule has 0 spiro atoms. The average molecular weight is 238 g/mol. The third kappa shape index (κ3) is 1.89. The van der Waals surface area contributed by atoms with Crippen LogP contribution in [0, 0.1) is 6.92 Å². The van der Waals surface area contributed by atoms with Crippen molar-refractivity contribution in [2.45, 2.75) is 13.0 Å². The van der Waals surface area contributed by atoms with Crippen LogP contribution in [0.4, 0.5) is 0 Å². The topological polar surface area (TPSA) is 37.5 Å². The largest absolute Gasteiger partial charge is 0.384 e. The first-order valence-electron chi connectivity index (χ1n) is 5.92. The summed E-state index contributed by atoms with van der Waals surface area (Å²) in [5.41, 5.74) is 3.64. The summed E-state index contributed by atoms with van der Waals surface area (Å²) in [6.07, 6.45) is 3.28. The van der Waals surface area contributed by atoms with Crippen LogP contribution < -0.4 is 0 Å². The number of imidazole rings is 1. The van der Waals surface area contributed by atoms with E-state index in [0.717, 1.165) is 22.5 Å². The highest BCUT2D eigenvalue weighted by Gasteiger charge is 2.10. The normalized spacial score (nSPS) is 12.8. The number of aryl methyl sites for hydroxylation is 1. The van der Waals surface area contributed by atoms with Crippen LogP contribution in [0.3, 0.4) is 0 Å². The molecule has 0 saturated carbocycles. The Balaban J connectivity index is 2.03. The Bertz CT molecular complexity index is 673. The molecule has 2 aromatic heterocycles. The molecule has 0 bridgehead atoms. The van der Waals surface area contributed by atoms with Crippen molar-refractivity contribution in [1.29, 1.82) is 0 Å². The Kier molecular flexibility index (Phi) is 2.61. The Morgan fingerprint density at radius 2 is 1.78 bits per heavy atom. The van der Waals surface area contributed by atoms with Crippen molar-refractivity contribution >= 4 is 5.65 Å². The number of hydrogen-bond donors (Lipinski definition) is 1. The summed E-state index contributed by atoms with van der Waals surface area (Å²) >= 11 is 0. The molecule has 90 valence electrons. The summed E-state index contributed by atoms with van der Waals surface area (Å²) in [5.74, 6) is 0. The lowest BCUT2D eigenvalue weighted by molar-refractivity contribution is 0.220. The van der Waals surface area contributed by atoms with Gasteiger partial charge >= 0.3 is 0 Å². The predicted octanol–water partition coefficient (Wildman–Crippen LogP) is 2.72. The van der Waals surface area contributed by atoms with E-state index in [1.54, 1.807) is 0 Å². The van der Waals surface area contributed by atoms with Crippen molar-refractivity contribution in [3.8, 4) is 0 Å². The van der Waals surface area contributed by atoms with Gasteiger partial charge in [0.25, 0.3) is 0 Å². The van der Waals surface area contributed by atoms with Gasteiger partial charge in [-0.1, -0.05) is 36.4 Å². The molecule has 1 N–H and O–H groups in total. The Morgan fingerprint density at radius 3 is 2.56 bits per heavy atom. The van der Waals surface area contributed by atoms with Crippen molar-refractivity contribution in [2.24, 2.45) is 0 Å². The van der Waals surface area contributed by atoms with Crippen molar-refractivity contribution in [3.63, 3.8) is 0 Å². The molecule has 18 heavy (non-hydrogen) atoms. The van der Waals surface area contributed by atoms with E-state index < -0.39 is 6.10 Å². The summed E-state index contributed by atoms with van der Waals surface area (Å²) < 4.78 is 1.94. The first-order chi connectivity index (χ1) is 8.74. The van der Waals surface area contributed by atoms with Crippen LogP contribution in [-0.2, 0) is 0 Å². The first-order valence-corrected chi connectivity index (χ1v) is 5.92. The third-order valence-electron chi connectivity index (χ3n) is 3.03. The van der Waals surface area contributed by atoms with E-state index in [9.17, 15) is 5.11 Å². The number of fused-ring (bicyclic) bond motifs is 1. The standard InChI is InChI=1S/C15H14N2O/c1-11-9-17-10-13(7-8-14(17)16-11)15(18)12-5-3-2-4-6-12/h2-10,15,18H,1H3. The van der Waals surface area contributed by atoms with Gasteiger partial charge in [0, 0.05) is 18.0 Å². The van der Waals surface area contributed by atoms with Gasteiger partial charge in [-0.15, -0.1) is 0 Å². The zero-order valence-corrected chi connectivity index (χ0v) is 10.1. The van der Waals surface area contributed by atoms with E-state index >= 15 is 0 Å². The van der Waals surface area contributed by atoms with Gasteiger partial charge in [-0.05, 0) is 18.6 Å². The van der Waals surface area contributed by atoms with Gasteiger partial charge in [0.05, 0.1) is 5.69 Å². The molecule has 0 amide bonds. The summed E-state index contributed by atoms with van der Waals surface area (Å²) in [5, 5.41) is 10.3. The number of pyridine rings is 1. The van der Waals surface area contributed by atoms with Gasteiger partial charge in [-0.3, -0.25) is 0 Å².